The average Bonchev–Trinajstić information content (AvgIpc) is 2.44. The van der Waals surface area contributed by atoms with Gasteiger partial charge in [-0.25, -0.2) is 14.8 Å². The molecule has 1 fully saturated rings. The van der Waals surface area contributed by atoms with E-state index >= 15 is 0 Å². The Morgan fingerprint density at radius 1 is 1.28 bits per heavy atom. The van der Waals surface area contributed by atoms with Crippen LogP contribution in [0.25, 0.3) is 0 Å². The van der Waals surface area contributed by atoms with Crippen molar-refractivity contribution in [2.75, 3.05) is 18.4 Å². The Hall–Kier alpha value is -1.85. The van der Waals surface area contributed by atoms with Crippen molar-refractivity contribution in [2.24, 2.45) is 5.41 Å². The van der Waals surface area contributed by atoms with E-state index in [0.717, 1.165) is 37.3 Å². The van der Waals surface area contributed by atoms with Crippen LogP contribution in [0.2, 0.25) is 0 Å². The first-order valence-electron chi connectivity index (χ1n) is 9.07. The summed E-state index contributed by atoms with van der Waals surface area (Å²) in [5.41, 5.74) is 0.750. The van der Waals surface area contributed by atoms with Gasteiger partial charge in [0, 0.05) is 30.9 Å². The molecule has 6 nitrogen and oxygen atoms in total. The van der Waals surface area contributed by atoms with E-state index in [1.54, 1.807) is 11.2 Å². The van der Waals surface area contributed by atoms with Gasteiger partial charge in [0.05, 0.1) is 0 Å². The van der Waals surface area contributed by atoms with E-state index in [1.807, 2.05) is 26.8 Å². The van der Waals surface area contributed by atoms with Crippen molar-refractivity contribution >= 4 is 11.9 Å². The topological polar surface area (TPSA) is 67.4 Å². The van der Waals surface area contributed by atoms with E-state index in [4.69, 9.17) is 4.74 Å². The van der Waals surface area contributed by atoms with E-state index in [0.29, 0.717) is 6.54 Å². The molecule has 6 heteroatoms. The van der Waals surface area contributed by atoms with Crippen LogP contribution < -0.4 is 5.32 Å². The van der Waals surface area contributed by atoms with Crippen molar-refractivity contribution in [3.05, 3.63) is 18.1 Å². The highest BCUT2D eigenvalue weighted by molar-refractivity contribution is 5.68. The van der Waals surface area contributed by atoms with Crippen molar-refractivity contribution in [1.82, 2.24) is 14.9 Å². The Kier molecular flexibility index (Phi) is 5.91. The Balaban J connectivity index is 1.96. The van der Waals surface area contributed by atoms with Crippen LogP contribution in [0.1, 0.15) is 60.1 Å². The number of likely N-dealkylation sites (tertiary alicyclic amines) is 1. The molecule has 1 aromatic rings. The molecule has 2 rings (SSSR count). The maximum atomic E-state index is 12.3. The predicted molar refractivity (Wildman–Crippen MR) is 99.6 cm³/mol. The van der Waals surface area contributed by atoms with Gasteiger partial charge in [-0.05, 0) is 45.4 Å². The molecule has 0 spiro atoms. The van der Waals surface area contributed by atoms with Crippen LogP contribution in [0.4, 0.5) is 10.6 Å². The summed E-state index contributed by atoms with van der Waals surface area (Å²) >= 11 is 0. The van der Waals surface area contributed by atoms with Gasteiger partial charge in [0.2, 0.25) is 0 Å². The predicted octanol–water partition coefficient (Wildman–Crippen LogP) is 3.88. The van der Waals surface area contributed by atoms with Crippen molar-refractivity contribution in [1.29, 1.82) is 0 Å². The van der Waals surface area contributed by atoms with Gasteiger partial charge in [-0.2, -0.15) is 0 Å². The third kappa shape index (κ3) is 6.88. The molecule has 1 amide bonds. The molecular formula is C19H32N4O2. The zero-order chi connectivity index (χ0) is 18.7. The zero-order valence-electron chi connectivity index (χ0n) is 16.4. The third-order valence-corrected chi connectivity index (χ3v) is 3.86. The number of hydrogen-bond donors (Lipinski definition) is 1. The molecule has 1 N–H and O–H groups in total. The molecular weight excluding hydrogens is 316 g/mol. The number of nitrogens with zero attached hydrogens (tertiary/aromatic N) is 3. The minimum atomic E-state index is -0.466. The fourth-order valence-electron chi connectivity index (χ4n) is 2.91. The van der Waals surface area contributed by atoms with Crippen molar-refractivity contribution in [3.63, 3.8) is 0 Å². The van der Waals surface area contributed by atoms with Gasteiger partial charge in [0.1, 0.15) is 17.7 Å². The number of hydrogen-bond acceptors (Lipinski definition) is 5. The standard InChI is InChI=1S/C19H32N4O2/c1-18(2,3)11-15-10-16(21-13-20-15)22-14-8-7-9-23(12-14)17(24)25-19(4,5)6/h10,13-14H,7-9,11-12H2,1-6H3,(H,20,21,22). The molecule has 0 aromatic carbocycles. The highest BCUT2D eigenvalue weighted by atomic mass is 16.6. The first kappa shape index (κ1) is 19.5. The van der Waals surface area contributed by atoms with Gasteiger partial charge in [-0.1, -0.05) is 20.8 Å². The summed E-state index contributed by atoms with van der Waals surface area (Å²) in [6.07, 6.45) is 4.24. The maximum Gasteiger partial charge on any atom is 0.410 e. The number of aromatic nitrogens is 2. The number of carbonyl (C=O) groups is 1. The Morgan fingerprint density at radius 2 is 2.00 bits per heavy atom. The van der Waals surface area contributed by atoms with E-state index < -0.39 is 5.60 Å². The maximum absolute atomic E-state index is 12.3. The molecule has 0 saturated carbocycles. The molecule has 0 radical (unpaired) electrons. The molecule has 1 aliphatic rings. The zero-order valence-corrected chi connectivity index (χ0v) is 16.4. The lowest BCUT2D eigenvalue weighted by atomic mass is 9.90. The minimum absolute atomic E-state index is 0.179. The highest BCUT2D eigenvalue weighted by Crippen LogP contribution is 2.21. The molecule has 1 saturated heterocycles. The molecule has 1 aromatic heterocycles. The lowest BCUT2D eigenvalue weighted by Crippen LogP contribution is -2.47. The monoisotopic (exact) mass is 348 g/mol. The van der Waals surface area contributed by atoms with Gasteiger partial charge in [0.25, 0.3) is 0 Å². The summed E-state index contributed by atoms with van der Waals surface area (Å²) in [5, 5.41) is 3.45. The third-order valence-electron chi connectivity index (χ3n) is 3.86. The minimum Gasteiger partial charge on any atom is -0.444 e. The second-order valence-corrected chi connectivity index (χ2v) is 9.04. The number of amides is 1. The Bertz CT molecular complexity index is 590. The van der Waals surface area contributed by atoms with Crippen molar-refractivity contribution < 1.29 is 9.53 Å². The van der Waals surface area contributed by atoms with Crippen LogP contribution >= 0.6 is 0 Å². The first-order chi connectivity index (χ1) is 11.5. The summed E-state index contributed by atoms with van der Waals surface area (Å²) in [6, 6.07) is 2.19. The normalized spacial score (nSPS) is 18.8. The molecule has 1 atom stereocenters. The van der Waals surface area contributed by atoms with Crippen LogP contribution in [-0.4, -0.2) is 45.7 Å². The summed E-state index contributed by atoms with van der Waals surface area (Å²) in [6.45, 7) is 13.6. The summed E-state index contributed by atoms with van der Waals surface area (Å²) in [5.74, 6) is 0.824. The number of piperidine rings is 1. The molecule has 1 aliphatic heterocycles. The number of ether oxygens (including phenoxy) is 1. The van der Waals surface area contributed by atoms with Gasteiger partial charge in [-0.3, -0.25) is 0 Å². The molecule has 2 heterocycles. The largest absolute Gasteiger partial charge is 0.444 e. The summed E-state index contributed by atoms with van der Waals surface area (Å²) in [7, 11) is 0. The molecule has 1 unspecified atom stereocenters. The van der Waals surface area contributed by atoms with Crippen molar-refractivity contribution in [2.45, 2.75) is 72.4 Å². The molecule has 25 heavy (non-hydrogen) atoms. The Labute approximate surface area is 151 Å². The van der Waals surface area contributed by atoms with Crippen LogP contribution in [-0.2, 0) is 11.2 Å². The molecule has 0 bridgehead atoms. The quantitative estimate of drug-likeness (QED) is 0.898. The van der Waals surface area contributed by atoms with Gasteiger partial charge >= 0.3 is 6.09 Å². The summed E-state index contributed by atoms with van der Waals surface area (Å²) in [4.78, 5) is 22.8. The highest BCUT2D eigenvalue weighted by Gasteiger charge is 2.27. The second-order valence-electron chi connectivity index (χ2n) is 9.04. The van der Waals surface area contributed by atoms with Crippen LogP contribution in [0.5, 0.6) is 0 Å². The van der Waals surface area contributed by atoms with Gasteiger partial charge < -0.3 is 15.0 Å². The van der Waals surface area contributed by atoms with E-state index in [9.17, 15) is 4.79 Å². The van der Waals surface area contributed by atoms with E-state index in [1.165, 1.54) is 0 Å². The lowest BCUT2D eigenvalue weighted by Gasteiger charge is -2.34. The number of anilines is 1. The molecule has 0 aliphatic carbocycles. The lowest BCUT2D eigenvalue weighted by molar-refractivity contribution is 0.0206. The Morgan fingerprint density at radius 3 is 2.64 bits per heavy atom. The fraction of sp³-hybridized carbons (Fsp3) is 0.737. The van der Waals surface area contributed by atoms with E-state index in [-0.39, 0.29) is 17.6 Å². The SMILES string of the molecule is CC(C)(C)Cc1cc(NC2CCCN(C(=O)OC(C)(C)C)C2)ncn1. The average molecular weight is 348 g/mol. The van der Waals surface area contributed by atoms with Crippen LogP contribution in [0.3, 0.4) is 0 Å². The first-order valence-corrected chi connectivity index (χ1v) is 9.07. The van der Waals surface area contributed by atoms with Gasteiger partial charge in [-0.15, -0.1) is 0 Å². The van der Waals surface area contributed by atoms with Crippen LogP contribution in [0, 0.1) is 5.41 Å². The van der Waals surface area contributed by atoms with Crippen molar-refractivity contribution in [3.8, 4) is 0 Å². The van der Waals surface area contributed by atoms with Gasteiger partial charge in [0.15, 0.2) is 0 Å². The summed E-state index contributed by atoms with van der Waals surface area (Å²) < 4.78 is 5.48. The fourth-order valence-corrected chi connectivity index (χ4v) is 2.91. The molecule has 140 valence electrons. The smallest absolute Gasteiger partial charge is 0.410 e. The van der Waals surface area contributed by atoms with E-state index in [2.05, 4.69) is 36.1 Å². The number of nitrogens with one attached hydrogen (secondary N) is 1. The van der Waals surface area contributed by atoms with Crippen LogP contribution in [0.15, 0.2) is 12.4 Å². The number of rotatable bonds is 3. The number of carbonyl (C=O) groups excluding carboxylic acids is 1. The second kappa shape index (κ2) is 7.58.